The average molecular weight is 329 g/mol. The van der Waals surface area contributed by atoms with Crippen molar-refractivity contribution in [3.8, 4) is 17.2 Å². The van der Waals surface area contributed by atoms with Crippen LogP contribution < -0.4 is 19.5 Å². The molecule has 2 atom stereocenters. The van der Waals surface area contributed by atoms with Crippen LogP contribution in [0.2, 0.25) is 0 Å². The maximum absolute atomic E-state index is 5.88. The van der Waals surface area contributed by atoms with Crippen LogP contribution in [0.15, 0.2) is 48.5 Å². The zero-order valence-corrected chi connectivity index (χ0v) is 14.9. The number of hydrogen-bond donors (Lipinski definition) is 1. The molecule has 0 fully saturated rings. The molecule has 0 aliphatic heterocycles. The monoisotopic (exact) mass is 329 g/mol. The Balaban J connectivity index is 1.79. The van der Waals surface area contributed by atoms with Gasteiger partial charge in [0.25, 0.3) is 0 Å². The van der Waals surface area contributed by atoms with Gasteiger partial charge in [-0.1, -0.05) is 6.92 Å². The molecule has 4 heteroatoms. The molecule has 0 saturated carbocycles. The Morgan fingerprint density at radius 1 is 0.792 bits per heavy atom. The molecule has 0 aliphatic carbocycles. The average Bonchev–Trinajstić information content (AvgIpc) is 2.61. The Bertz CT molecular complexity index is 595. The summed E-state index contributed by atoms with van der Waals surface area (Å²) in [4.78, 5) is 0. The second-order valence-corrected chi connectivity index (χ2v) is 5.85. The van der Waals surface area contributed by atoms with Gasteiger partial charge in [-0.3, -0.25) is 0 Å². The van der Waals surface area contributed by atoms with Crippen molar-refractivity contribution < 1.29 is 14.2 Å². The van der Waals surface area contributed by atoms with Gasteiger partial charge in [0.15, 0.2) is 0 Å². The van der Waals surface area contributed by atoms with E-state index in [9.17, 15) is 0 Å². The summed E-state index contributed by atoms with van der Waals surface area (Å²) in [7, 11) is 1.65. The van der Waals surface area contributed by atoms with Crippen molar-refractivity contribution in [1.82, 2.24) is 0 Å². The molecule has 0 amide bonds. The van der Waals surface area contributed by atoms with E-state index in [2.05, 4.69) is 19.2 Å². The van der Waals surface area contributed by atoms with Crippen LogP contribution in [-0.4, -0.2) is 25.9 Å². The van der Waals surface area contributed by atoms with Gasteiger partial charge < -0.3 is 19.5 Å². The lowest BCUT2D eigenvalue weighted by atomic mass is 10.2. The number of rotatable bonds is 9. The van der Waals surface area contributed by atoms with Crippen molar-refractivity contribution in [2.75, 3.05) is 19.0 Å². The van der Waals surface area contributed by atoms with E-state index in [0.29, 0.717) is 0 Å². The largest absolute Gasteiger partial charge is 0.497 e. The standard InChI is InChI=1S/C20H27NO3/c1-5-15(2)23-19-8-6-17(7-9-19)21-14-16(3)24-20-12-10-18(22-4)11-13-20/h6-13,15-16,21H,5,14H2,1-4H3. The number of ether oxygens (including phenoxy) is 3. The molecule has 24 heavy (non-hydrogen) atoms. The number of benzene rings is 2. The third-order valence-corrected chi connectivity index (χ3v) is 3.76. The molecule has 0 radical (unpaired) electrons. The van der Waals surface area contributed by atoms with Gasteiger partial charge in [0.1, 0.15) is 23.4 Å². The van der Waals surface area contributed by atoms with Crippen LogP contribution in [0.5, 0.6) is 17.2 Å². The fourth-order valence-electron chi connectivity index (χ4n) is 2.16. The highest BCUT2D eigenvalue weighted by Crippen LogP contribution is 2.20. The van der Waals surface area contributed by atoms with Gasteiger partial charge in [-0.05, 0) is 68.8 Å². The third kappa shape index (κ3) is 5.69. The minimum atomic E-state index is 0.0504. The second-order valence-electron chi connectivity index (χ2n) is 5.85. The lowest BCUT2D eigenvalue weighted by molar-refractivity contribution is 0.217. The summed E-state index contributed by atoms with van der Waals surface area (Å²) in [5, 5.41) is 3.38. The van der Waals surface area contributed by atoms with Gasteiger partial charge in [-0.2, -0.15) is 0 Å². The first-order valence-electron chi connectivity index (χ1n) is 8.42. The Morgan fingerprint density at radius 3 is 1.83 bits per heavy atom. The molecule has 1 N–H and O–H groups in total. The van der Waals surface area contributed by atoms with E-state index in [1.54, 1.807) is 7.11 Å². The van der Waals surface area contributed by atoms with Gasteiger partial charge in [-0.15, -0.1) is 0 Å². The zero-order valence-electron chi connectivity index (χ0n) is 14.9. The maximum atomic E-state index is 5.88. The number of anilines is 1. The minimum Gasteiger partial charge on any atom is -0.497 e. The highest BCUT2D eigenvalue weighted by atomic mass is 16.5. The first-order chi connectivity index (χ1) is 11.6. The summed E-state index contributed by atoms with van der Waals surface area (Å²) in [6.07, 6.45) is 1.29. The van der Waals surface area contributed by atoms with Crippen LogP contribution in [0, 0.1) is 0 Å². The molecular weight excluding hydrogens is 302 g/mol. The van der Waals surface area contributed by atoms with Crippen LogP contribution in [0.25, 0.3) is 0 Å². The Morgan fingerprint density at radius 2 is 1.29 bits per heavy atom. The van der Waals surface area contributed by atoms with Gasteiger partial charge in [0, 0.05) is 5.69 Å². The Hall–Kier alpha value is -2.36. The molecule has 4 nitrogen and oxygen atoms in total. The topological polar surface area (TPSA) is 39.7 Å². The summed E-state index contributed by atoms with van der Waals surface area (Å²) in [5.74, 6) is 2.56. The van der Waals surface area contributed by atoms with Gasteiger partial charge in [0.2, 0.25) is 0 Å². The Kier molecular flexibility index (Phi) is 6.79. The minimum absolute atomic E-state index is 0.0504. The van der Waals surface area contributed by atoms with Crippen molar-refractivity contribution in [2.24, 2.45) is 0 Å². The fraction of sp³-hybridized carbons (Fsp3) is 0.400. The van der Waals surface area contributed by atoms with Crippen LogP contribution in [0.3, 0.4) is 0 Å². The van der Waals surface area contributed by atoms with E-state index in [4.69, 9.17) is 14.2 Å². The molecule has 0 spiro atoms. The molecular formula is C20H27NO3. The molecule has 2 rings (SSSR count). The van der Waals surface area contributed by atoms with E-state index in [0.717, 1.165) is 35.9 Å². The van der Waals surface area contributed by atoms with Crippen LogP contribution in [-0.2, 0) is 0 Å². The van der Waals surface area contributed by atoms with E-state index < -0.39 is 0 Å². The fourth-order valence-corrected chi connectivity index (χ4v) is 2.16. The summed E-state index contributed by atoms with van der Waals surface area (Å²) in [6.45, 7) is 6.95. The van der Waals surface area contributed by atoms with E-state index in [1.165, 1.54) is 0 Å². The zero-order chi connectivity index (χ0) is 17.4. The number of nitrogens with one attached hydrogen (secondary N) is 1. The molecule has 2 unspecified atom stereocenters. The normalized spacial score (nSPS) is 13.0. The number of methoxy groups -OCH3 is 1. The maximum Gasteiger partial charge on any atom is 0.120 e. The van der Waals surface area contributed by atoms with Crippen LogP contribution >= 0.6 is 0 Å². The van der Waals surface area contributed by atoms with Crippen LogP contribution in [0.4, 0.5) is 5.69 Å². The van der Waals surface area contributed by atoms with Crippen molar-refractivity contribution >= 4 is 5.69 Å². The van der Waals surface area contributed by atoms with Crippen molar-refractivity contribution in [2.45, 2.75) is 39.4 Å². The van der Waals surface area contributed by atoms with Gasteiger partial charge in [0.05, 0.1) is 19.8 Å². The smallest absolute Gasteiger partial charge is 0.120 e. The summed E-state index contributed by atoms with van der Waals surface area (Å²) < 4.78 is 16.8. The Labute approximate surface area is 144 Å². The van der Waals surface area contributed by atoms with Crippen molar-refractivity contribution in [3.63, 3.8) is 0 Å². The van der Waals surface area contributed by atoms with Crippen molar-refractivity contribution in [1.29, 1.82) is 0 Å². The van der Waals surface area contributed by atoms with E-state index in [-0.39, 0.29) is 12.2 Å². The summed E-state index contributed by atoms with van der Waals surface area (Å²) >= 11 is 0. The molecule has 0 heterocycles. The van der Waals surface area contributed by atoms with E-state index in [1.807, 2.05) is 55.5 Å². The van der Waals surface area contributed by atoms with Crippen molar-refractivity contribution in [3.05, 3.63) is 48.5 Å². The van der Waals surface area contributed by atoms with Gasteiger partial charge in [-0.25, -0.2) is 0 Å². The highest BCUT2D eigenvalue weighted by molar-refractivity contribution is 5.46. The van der Waals surface area contributed by atoms with Crippen LogP contribution in [0.1, 0.15) is 27.2 Å². The highest BCUT2D eigenvalue weighted by Gasteiger charge is 2.05. The number of hydrogen-bond acceptors (Lipinski definition) is 4. The van der Waals surface area contributed by atoms with Gasteiger partial charge >= 0.3 is 0 Å². The van der Waals surface area contributed by atoms with E-state index >= 15 is 0 Å². The summed E-state index contributed by atoms with van der Waals surface area (Å²) in [5.41, 5.74) is 1.05. The predicted molar refractivity (Wildman–Crippen MR) is 98.4 cm³/mol. The quantitative estimate of drug-likeness (QED) is 0.720. The SMILES string of the molecule is CCC(C)Oc1ccc(NCC(C)Oc2ccc(OC)cc2)cc1. The first kappa shape index (κ1) is 18.0. The molecule has 2 aromatic carbocycles. The predicted octanol–water partition coefficient (Wildman–Crippen LogP) is 4.75. The lowest BCUT2D eigenvalue weighted by Crippen LogP contribution is -2.22. The molecule has 0 bridgehead atoms. The molecule has 0 aliphatic rings. The molecule has 0 saturated heterocycles. The molecule has 2 aromatic rings. The second kappa shape index (κ2) is 9.06. The summed E-state index contributed by atoms with van der Waals surface area (Å²) in [6, 6.07) is 15.6. The lowest BCUT2D eigenvalue weighted by Gasteiger charge is -2.17. The molecule has 0 aromatic heterocycles. The third-order valence-electron chi connectivity index (χ3n) is 3.76. The first-order valence-corrected chi connectivity index (χ1v) is 8.42. The molecule has 130 valence electrons.